The van der Waals surface area contributed by atoms with Gasteiger partial charge in [-0.3, -0.25) is 9.59 Å². The van der Waals surface area contributed by atoms with E-state index in [1.165, 1.54) is 0 Å². The molecule has 25 heavy (non-hydrogen) atoms. The Morgan fingerprint density at radius 2 is 1.88 bits per heavy atom. The van der Waals surface area contributed by atoms with Crippen LogP contribution in [0.25, 0.3) is 0 Å². The molecule has 132 valence electrons. The molecule has 5 heteroatoms. The fraction of sp³-hybridized carbons (Fsp3) is 0.400. The van der Waals surface area contributed by atoms with Crippen molar-refractivity contribution in [1.82, 2.24) is 14.8 Å². The van der Waals surface area contributed by atoms with Crippen molar-refractivity contribution in [3.63, 3.8) is 0 Å². The molecule has 0 saturated carbocycles. The average Bonchev–Trinajstić information content (AvgIpc) is 2.55. The molecule has 1 fully saturated rings. The quantitative estimate of drug-likeness (QED) is 0.931. The molecule has 0 bridgehead atoms. The molecule has 0 unspecified atom stereocenters. The number of pyridine rings is 1. The fourth-order valence-electron chi connectivity index (χ4n) is 3.49. The summed E-state index contributed by atoms with van der Waals surface area (Å²) in [4.78, 5) is 27.4. The molecule has 5 nitrogen and oxygen atoms in total. The van der Waals surface area contributed by atoms with Crippen LogP contribution in [0.5, 0.6) is 0 Å². The first kappa shape index (κ1) is 17.4. The topological polar surface area (TPSA) is 54.3 Å². The van der Waals surface area contributed by atoms with E-state index in [2.05, 4.69) is 25.2 Å². The van der Waals surface area contributed by atoms with Crippen molar-refractivity contribution >= 4 is 5.91 Å². The third kappa shape index (κ3) is 3.99. The maximum absolute atomic E-state index is 12.9. The van der Waals surface area contributed by atoms with Gasteiger partial charge >= 0.3 is 0 Å². The highest BCUT2D eigenvalue weighted by Gasteiger charge is 2.27. The summed E-state index contributed by atoms with van der Waals surface area (Å²) in [5, 5.41) is 3.40. The van der Waals surface area contributed by atoms with Gasteiger partial charge in [0, 0.05) is 31.4 Å². The number of nitrogens with one attached hydrogen (secondary N) is 1. The maximum Gasteiger partial charge on any atom is 0.263 e. The van der Waals surface area contributed by atoms with Gasteiger partial charge in [0.15, 0.2) is 0 Å². The molecule has 1 saturated heterocycles. The molecule has 0 aliphatic carbocycles. The SMILES string of the molecule is Cc1cccc(Cn2cccc(C(=O)N3C[C@@H](C)N[C@@H](C)C3)c2=O)c1. The molecular formula is C20H25N3O2. The van der Waals surface area contributed by atoms with Crippen molar-refractivity contribution in [2.45, 2.75) is 39.4 Å². The number of rotatable bonds is 3. The first-order chi connectivity index (χ1) is 11.9. The normalized spacial score (nSPS) is 20.5. The van der Waals surface area contributed by atoms with Gasteiger partial charge in [0.25, 0.3) is 11.5 Å². The van der Waals surface area contributed by atoms with Crippen LogP contribution in [-0.4, -0.2) is 40.5 Å². The number of amides is 1. The van der Waals surface area contributed by atoms with Crippen LogP contribution < -0.4 is 10.9 Å². The number of hydrogen-bond donors (Lipinski definition) is 1. The highest BCUT2D eigenvalue weighted by atomic mass is 16.2. The number of carbonyl (C=O) groups is 1. The van der Waals surface area contributed by atoms with E-state index in [0.29, 0.717) is 19.6 Å². The van der Waals surface area contributed by atoms with E-state index in [1.807, 2.05) is 25.1 Å². The molecule has 1 aliphatic rings. The summed E-state index contributed by atoms with van der Waals surface area (Å²) >= 11 is 0. The van der Waals surface area contributed by atoms with Crippen molar-refractivity contribution < 1.29 is 4.79 Å². The molecule has 1 aromatic heterocycles. The van der Waals surface area contributed by atoms with Crippen LogP contribution in [0.2, 0.25) is 0 Å². The molecule has 0 radical (unpaired) electrons. The van der Waals surface area contributed by atoms with Gasteiger partial charge in [-0.15, -0.1) is 0 Å². The van der Waals surface area contributed by atoms with Crippen molar-refractivity contribution in [2.75, 3.05) is 13.1 Å². The number of nitrogens with zero attached hydrogens (tertiary/aromatic N) is 2. The molecule has 0 spiro atoms. The van der Waals surface area contributed by atoms with Crippen LogP contribution in [0, 0.1) is 6.92 Å². The first-order valence-corrected chi connectivity index (χ1v) is 8.74. The molecule has 1 amide bonds. The third-order valence-corrected chi connectivity index (χ3v) is 4.53. The maximum atomic E-state index is 12.9. The molecule has 1 aromatic carbocycles. The molecule has 2 atom stereocenters. The van der Waals surface area contributed by atoms with Crippen LogP contribution in [0.1, 0.15) is 35.3 Å². The predicted octanol–water partition coefficient (Wildman–Crippen LogP) is 2.03. The standard InChI is InChI=1S/C20H25N3O2/c1-14-6-4-7-17(10-14)13-22-9-5-8-18(19(22)24)20(25)23-11-15(2)21-16(3)12-23/h4-10,15-16,21H,11-13H2,1-3H3/t15-,16+. The van der Waals surface area contributed by atoms with Gasteiger partial charge in [-0.2, -0.15) is 0 Å². The summed E-state index contributed by atoms with van der Waals surface area (Å²) in [6, 6.07) is 11.9. The van der Waals surface area contributed by atoms with Crippen molar-refractivity contribution in [1.29, 1.82) is 0 Å². The Morgan fingerprint density at radius 3 is 2.56 bits per heavy atom. The lowest BCUT2D eigenvalue weighted by molar-refractivity contribution is 0.0671. The van der Waals surface area contributed by atoms with Crippen LogP contribution in [0.4, 0.5) is 0 Å². The number of aryl methyl sites for hydroxylation is 1. The number of carbonyl (C=O) groups excluding carboxylic acids is 1. The van der Waals surface area contributed by atoms with Crippen LogP contribution in [0.3, 0.4) is 0 Å². The zero-order valence-electron chi connectivity index (χ0n) is 15.0. The van der Waals surface area contributed by atoms with E-state index in [9.17, 15) is 9.59 Å². The summed E-state index contributed by atoms with van der Waals surface area (Å²) in [5.41, 5.74) is 2.22. The van der Waals surface area contributed by atoms with Gasteiger partial charge in [-0.1, -0.05) is 29.8 Å². The van der Waals surface area contributed by atoms with Crippen molar-refractivity contribution in [2.24, 2.45) is 0 Å². The zero-order valence-corrected chi connectivity index (χ0v) is 15.0. The summed E-state index contributed by atoms with van der Waals surface area (Å²) in [5.74, 6) is -0.177. The van der Waals surface area contributed by atoms with Crippen LogP contribution in [-0.2, 0) is 6.54 Å². The van der Waals surface area contributed by atoms with E-state index in [4.69, 9.17) is 0 Å². The second-order valence-electron chi connectivity index (χ2n) is 7.02. The predicted molar refractivity (Wildman–Crippen MR) is 98.9 cm³/mol. The summed E-state index contributed by atoms with van der Waals surface area (Å²) in [6.45, 7) is 7.84. The van der Waals surface area contributed by atoms with E-state index < -0.39 is 0 Å². The van der Waals surface area contributed by atoms with Gasteiger partial charge in [-0.25, -0.2) is 0 Å². The lowest BCUT2D eigenvalue weighted by Gasteiger charge is -2.36. The van der Waals surface area contributed by atoms with Crippen LogP contribution >= 0.6 is 0 Å². The van der Waals surface area contributed by atoms with Crippen molar-refractivity contribution in [3.05, 3.63) is 69.6 Å². The summed E-state index contributed by atoms with van der Waals surface area (Å²) in [7, 11) is 0. The minimum atomic E-state index is -0.229. The Bertz CT molecular complexity index is 818. The highest BCUT2D eigenvalue weighted by molar-refractivity contribution is 5.94. The van der Waals surface area contributed by atoms with Gasteiger partial charge in [-0.05, 0) is 38.5 Å². The van der Waals surface area contributed by atoms with E-state index >= 15 is 0 Å². The van der Waals surface area contributed by atoms with E-state index in [1.54, 1.807) is 27.8 Å². The minimum absolute atomic E-state index is 0.177. The van der Waals surface area contributed by atoms with Gasteiger partial charge < -0.3 is 14.8 Å². The largest absolute Gasteiger partial charge is 0.335 e. The molecule has 1 aliphatic heterocycles. The van der Waals surface area contributed by atoms with Gasteiger partial charge in [0.2, 0.25) is 0 Å². The third-order valence-electron chi connectivity index (χ3n) is 4.53. The Morgan fingerprint density at radius 1 is 1.16 bits per heavy atom. The van der Waals surface area contributed by atoms with E-state index in [-0.39, 0.29) is 29.1 Å². The molecule has 3 rings (SSSR count). The second kappa shape index (κ2) is 7.23. The average molecular weight is 339 g/mol. The number of aromatic nitrogens is 1. The molecular weight excluding hydrogens is 314 g/mol. The Hall–Kier alpha value is -2.40. The monoisotopic (exact) mass is 339 g/mol. The van der Waals surface area contributed by atoms with Crippen LogP contribution in [0.15, 0.2) is 47.4 Å². The summed E-state index contributed by atoms with van der Waals surface area (Å²) in [6.07, 6.45) is 1.74. The number of hydrogen-bond acceptors (Lipinski definition) is 3. The van der Waals surface area contributed by atoms with Gasteiger partial charge in [0.05, 0.1) is 6.54 Å². The highest BCUT2D eigenvalue weighted by Crippen LogP contribution is 2.09. The molecule has 2 heterocycles. The smallest absolute Gasteiger partial charge is 0.263 e. The second-order valence-corrected chi connectivity index (χ2v) is 7.02. The Kier molecular flexibility index (Phi) is 5.04. The number of piperazine rings is 1. The zero-order chi connectivity index (χ0) is 18.0. The van der Waals surface area contributed by atoms with Gasteiger partial charge in [0.1, 0.15) is 5.56 Å². The first-order valence-electron chi connectivity index (χ1n) is 8.74. The Labute approximate surface area is 148 Å². The lowest BCUT2D eigenvalue weighted by Crippen LogP contribution is -2.56. The fourth-order valence-corrected chi connectivity index (χ4v) is 3.49. The van der Waals surface area contributed by atoms with Crippen molar-refractivity contribution in [3.8, 4) is 0 Å². The number of benzene rings is 1. The lowest BCUT2D eigenvalue weighted by atomic mass is 10.1. The summed E-state index contributed by atoms with van der Waals surface area (Å²) < 4.78 is 1.61. The molecule has 2 aromatic rings. The van der Waals surface area contributed by atoms with E-state index in [0.717, 1.165) is 11.1 Å². The molecule has 1 N–H and O–H groups in total. The minimum Gasteiger partial charge on any atom is -0.335 e. The Balaban J connectivity index is 1.85.